The first-order valence-electron chi connectivity index (χ1n) is 8.31. The van der Waals surface area contributed by atoms with E-state index in [1.54, 1.807) is 11.3 Å². The molecule has 0 bridgehead atoms. The van der Waals surface area contributed by atoms with Crippen molar-refractivity contribution in [3.8, 4) is 11.5 Å². The predicted octanol–water partition coefficient (Wildman–Crippen LogP) is 4.28. The molecule has 1 N–H and O–H groups in total. The van der Waals surface area contributed by atoms with Crippen molar-refractivity contribution in [2.45, 2.75) is 45.7 Å². The highest BCUT2D eigenvalue weighted by Crippen LogP contribution is 2.36. The van der Waals surface area contributed by atoms with Crippen LogP contribution in [-0.4, -0.2) is 18.2 Å². The van der Waals surface area contributed by atoms with Crippen molar-refractivity contribution in [2.24, 2.45) is 0 Å². The average molecular weight is 332 g/mol. The molecule has 0 fully saturated rings. The van der Waals surface area contributed by atoms with E-state index in [-0.39, 0.29) is 12.1 Å². The second-order valence-electron chi connectivity index (χ2n) is 5.73. The Hall–Kier alpha value is -1.59. The second kappa shape index (κ2) is 7.32. The van der Waals surface area contributed by atoms with Crippen LogP contribution in [0.5, 0.6) is 11.5 Å². The molecular formula is C18H24N2O2S. The Morgan fingerprint density at radius 1 is 1.43 bits per heavy atom. The summed E-state index contributed by atoms with van der Waals surface area (Å²) in [5.41, 5.74) is 2.31. The zero-order valence-corrected chi connectivity index (χ0v) is 14.8. The molecule has 124 valence electrons. The maximum atomic E-state index is 5.79. The van der Waals surface area contributed by atoms with Gasteiger partial charge in [-0.05, 0) is 38.5 Å². The highest BCUT2D eigenvalue weighted by Gasteiger charge is 2.24. The molecule has 2 aromatic rings. The Morgan fingerprint density at radius 2 is 2.30 bits per heavy atom. The van der Waals surface area contributed by atoms with E-state index in [1.165, 1.54) is 10.6 Å². The summed E-state index contributed by atoms with van der Waals surface area (Å²) >= 11 is 1.74. The van der Waals surface area contributed by atoms with E-state index in [1.807, 2.05) is 19.1 Å². The van der Waals surface area contributed by atoms with Crippen LogP contribution in [0.3, 0.4) is 0 Å². The summed E-state index contributed by atoms with van der Waals surface area (Å²) in [5, 5.41) is 7.06. The molecule has 0 amide bonds. The van der Waals surface area contributed by atoms with Gasteiger partial charge in [-0.15, -0.1) is 11.3 Å². The normalized spacial score (nSPS) is 18.1. The Balaban J connectivity index is 1.77. The molecular weight excluding hydrogens is 308 g/mol. The third kappa shape index (κ3) is 3.67. The number of rotatable bonds is 6. The molecule has 0 spiro atoms. The van der Waals surface area contributed by atoms with E-state index in [2.05, 4.69) is 30.6 Å². The van der Waals surface area contributed by atoms with Crippen molar-refractivity contribution >= 4 is 11.3 Å². The molecule has 0 aliphatic carbocycles. The molecule has 23 heavy (non-hydrogen) atoms. The van der Waals surface area contributed by atoms with Crippen molar-refractivity contribution < 1.29 is 9.47 Å². The van der Waals surface area contributed by atoms with E-state index in [4.69, 9.17) is 14.5 Å². The number of fused-ring (bicyclic) bond motifs is 1. The van der Waals surface area contributed by atoms with Crippen LogP contribution in [0.4, 0.5) is 0 Å². The fraction of sp³-hybridized carbons (Fsp3) is 0.500. The smallest absolute Gasteiger partial charge is 0.124 e. The molecule has 0 saturated carbocycles. The highest BCUT2D eigenvalue weighted by atomic mass is 32.1. The minimum atomic E-state index is 0.221. The lowest BCUT2D eigenvalue weighted by Crippen LogP contribution is -2.29. The molecule has 1 aliphatic rings. The van der Waals surface area contributed by atoms with E-state index < -0.39 is 0 Å². The van der Waals surface area contributed by atoms with Crippen molar-refractivity contribution in [1.82, 2.24) is 10.3 Å². The standard InChI is InChI=1S/C18H24N2O2S/c1-4-18-20-16(11-23-18)12(3)19-15-8-9-22-17-7-6-13(21-5-2)10-14(15)17/h6-7,10-12,15,19H,4-5,8-9H2,1-3H3/t12-,15-/m1/s1. The number of thiazole rings is 1. The molecule has 5 heteroatoms. The van der Waals surface area contributed by atoms with Crippen LogP contribution in [0.1, 0.15) is 55.5 Å². The van der Waals surface area contributed by atoms with Crippen LogP contribution in [0.2, 0.25) is 0 Å². The van der Waals surface area contributed by atoms with Gasteiger partial charge in [0.15, 0.2) is 0 Å². The summed E-state index contributed by atoms with van der Waals surface area (Å²) in [5.74, 6) is 1.86. The van der Waals surface area contributed by atoms with E-state index >= 15 is 0 Å². The Bertz CT molecular complexity index is 656. The fourth-order valence-corrected chi connectivity index (χ4v) is 3.71. The maximum absolute atomic E-state index is 5.79. The van der Waals surface area contributed by atoms with Gasteiger partial charge < -0.3 is 14.8 Å². The molecule has 2 atom stereocenters. The quantitative estimate of drug-likeness (QED) is 0.857. The van der Waals surface area contributed by atoms with Gasteiger partial charge in [-0.2, -0.15) is 0 Å². The molecule has 1 aromatic carbocycles. The number of nitrogens with zero attached hydrogens (tertiary/aromatic N) is 1. The van der Waals surface area contributed by atoms with Crippen LogP contribution in [0.15, 0.2) is 23.6 Å². The molecule has 4 nitrogen and oxygen atoms in total. The summed E-state index contributed by atoms with van der Waals surface area (Å²) in [6.45, 7) is 7.73. The van der Waals surface area contributed by atoms with Crippen molar-refractivity contribution in [1.29, 1.82) is 0 Å². The van der Waals surface area contributed by atoms with E-state index in [9.17, 15) is 0 Å². The number of ether oxygens (including phenoxy) is 2. The largest absolute Gasteiger partial charge is 0.494 e. The molecule has 1 aliphatic heterocycles. The summed E-state index contributed by atoms with van der Waals surface area (Å²) in [6.07, 6.45) is 1.95. The van der Waals surface area contributed by atoms with Crippen molar-refractivity contribution in [2.75, 3.05) is 13.2 Å². The zero-order chi connectivity index (χ0) is 16.2. The summed E-state index contributed by atoms with van der Waals surface area (Å²) in [7, 11) is 0. The molecule has 2 heterocycles. The Morgan fingerprint density at radius 3 is 3.04 bits per heavy atom. The third-order valence-electron chi connectivity index (χ3n) is 4.10. The predicted molar refractivity (Wildman–Crippen MR) is 93.5 cm³/mol. The number of aromatic nitrogens is 1. The first kappa shape index (κ1) is 16.3. The van der Waals surface area contributed by atoms with Crippen molar-refractivity contribution in [3.63, 3.8) is 0 Å². The number of benzene rings is 1. The first-order valence-corrected chi connectivity index (χ1v) is 9.19. The average Bonchev–Trinajstić information content (AvgIpc) is 3.05. The van der Waals surface area contributed by atoms with Gasteiger partial charge in [0.2, 0.25) is 0 Å². The van der Waals surface area contributed by atoms with Gasteiger partial charge in [0.05, 0.1) is 23.9 Å². The second-order valence-corrected chi connectivity index (χ2v) is 6.67. The van der Waals surface area contributed by atoms with Crippen LogP contribution in [-0.2, 0) is 6.42 Å². The van der Waals surface area contributed by atoms with Gasteiger partial charge in [0.1, 0.15) is 11.5 Å². The fourth-order valence-electron chi connectivity index (χ4n) is 2.88. The lowest BCUT2D eigenvalue weighted by molar-refractivity contribution is 0.244. The summed E-state index contributed by atoms with van der Waals surface area (Å²) in [6, 6.07) is 6.57. The van der Waals surface area contributed by atoms with Crippen LogP contribution in [0.25, 0.3) is 0 Å². The SMILES string of the molecule is CCOc1ccc2c(c1)[C@H](N[C@H](C)c1csc(CC)n1)CCO2. The molecule has 3 rings (SSSR count). The maximum Gasteiger partial charge on any atom is 0.124 e. The van der Waals surface area contributed by atoms with Gasteiger partial charge in [-0.3, -0.25) is 0 Å². The van der Waals surface area contributed by atoms with Gasteiger partial charge >= 0.3 is 0 Å². The molecule has 0 unspecified atom stereocenters. The molecule has 0 radical (unpaired) electrons. The minimum absolute atomic E-state index is 0.221. The van der Waals surface area contributed by atoms with Gasteiger partial charge in [-0.1, -0.05) is 6.92 Å². The van der Waals surface area contributed by atoms with Crippen LogP contribution < -0.4 is 14.8 Å². The first-order chi connectivity index (χ1) is 11.2. The monoisotopic (exact) mass is 332 g/mol. The third-order valence-corrected chi connectivity index (χ3v) is 5.11. The highest BCUT2D eigenvalue weighted by molar-refractivity contribution is 7.09. The van der Waals surface area contributed by atoms with Gasteiger partial charge in [0, 0.05) is 29.4 Å². The van der Waals surface area contributed by atoms with Crippen molar-refractivity contribution in [3.05, 3.63) is 39.8 Å². The summed E-state index contributed by atoms with van der Waals surface area (Å²) < 4.78 is 11.4. The molecule has 1 aromatic heterocycles. The summed E-state index contributed by atoms with van der Waals surface area (Å²) in [4.78, 5) is 4.70. The van der Waals surface area contributed by atoms with E-state index in [0.29, 0.717) is 6.61 Å². The Kier molecular flexibility index (Phi) is 5.18. The van der Waals surface area contributed by atoms with Gasteiger partial charge in [-0.25, -0.2) is 4.98 Å². The number of hydrogen-bond donors (Lipinski definition) is 1. The zero-order valence-electron chi connectivity index (χ0n) is 14.0. The number of nitrogens with one attached hydrogen (secondary N) is 1. The number of aryl methyl sites for hydroxylation is 1. The number of hydrogen-bond acceptors (Lipinski definition) is 5. The van der Waals surface area contributed by atoms with E-state index in [0.717, 1.165) is 36.6 Å². The minimum Gasteiger partial charge on any atom is -0.494 e. The Labute approximate surface area is 141 Å². The lowest BCUT2D eigenvalue weighted by Gasteiger charge is -2.29. The lowest BCUT2D eigenvalue weighted by atomic mass is 9.99. The van der Waals surface area contributed by atoms with Gasteiger partial charge in [0.25, 0.3) is 0 Å². The topological polar surface area (TPSA) is 43.4 Å². The van der Waals surface area contributed by atoms with Crippen LogP contribution in [0, 0.1) is 0 Å². The van der Waals surface area contributed by atoms with Crippen LogP contribution >= 0.6 is 11.3 Å². The molecule has 0 saturated heterocycles.